The summed E-state index contributed by atoms with van der Waals surface area (Å²) in [5.41, 5.74) is 3.00. The Labute approximate surface area is 235 Å². The fraction of sp³-hybridized carbons (Fsp3) is 0.267. The van der Waals surface area contributed by atoms with Gasteiger partial charge >= 0.3 is 5.97 Å². The predicted octanol–water partition coefficient (Wildman–Crippen LogP) is 6.00. The van der Waals surface area contributed by atoms with Crippen LogP contribution in [0.5, 0.6) is 0 Å². The zero-order valence-corrected chi connectivity index (χ0v) is 23.1. The Balaban J connectivity index is 1.44. The van der Waals surface area contributed by atoms with Crippen molar-refractivity contribution in [1.29, 1.82) is 0 Å². The van der Waals surface area contributed by atoms with E-state index in [-0.39, 0.29) is 39.3 Å². The molecule has 39 heavy (non-hydrogen) atoms. The van der Waals surface area contributed by atoms with Crippen molar-refractivity contribution in [2.45, 2.75) is 45.7 Å². The summed E-state index contributed by atoms with van der Waals surface area (Å²) in [6, 6.07) is 8.15. The molecule has 2 aliphatic rings. The number of fused-ring (bicyclic) bond motifs is 2. The van der Waals surface area contributed by atoms with Crippen molar-refractivity contribution in [2.75, 3.05) is 6.54 Å². The van der Waals surface area contributed by atoms with Gasteiger partial charge in [-0.25, -0.2) is 9.78 Å². The van der Waals surface area contributed by atoms with E-state index in [2.05, 4.69) is 6.92 Å². The van der Waals surface area contributed by atoms with Crippen LogP contribution in [0.15, 0.2) is 70.6 Å². The zero-order valence-electron chi connectivity index (χ0n) is 21.6. The average Bonchev–Trinajstić information content (AvgIpc) is 3.33. The second kappa shape index (κ2) is 10.8. The first-order chi connectivity index (χ1) is 18.7. The Morgan fingerprint density at radius 3 is 2.59 bits per heavy atom. The average molecular weight is 564 g/mol. The van der Waals surface area contributed by atoms with Crippen LogP contribution in [-0.2, 0) is 13.0 Å². The highest BCUT2D eigenvalue weighted by Gasteiger charge is 2.34. The van der Waals surface area contributed by atoms with Crippen molar-refractivity contribution < 1.29 is 14.7 Å². The molecule has 1 aromatic heterocycles. The number of halogens is 2. The van der Waals surface area contributed by atoms with Crippen LogP contribution in [0.4, 0.5) is 0 Å². The molecule has 0 spiro atoms. The second-order valence-electron chi connectivity index (χ2n) is 9.81. The van der Waals surface area contributed by atoms with Gasteiger partial charge in [0.25, 0.3) is 11.5 Å². The van der Waals surface area contributed by atoms with Crippen LogP contribution < -0.4 is 5.56 Å². The van der Waals surface area contributed by atoms with E-state index < -0.39 is 11.9 Å². The van der Waals surface area contributed by atoms with E-state index in [1.165, 1.54) is 12.1 Å². The first kappa shape index (κ1) is 26.9. The van der Waals surface area contributed by atoms with Crippen molar-refractivity contribution >= 4 is 46.0 Å². The van der Waals surface area contributed by atoms with Gasteiger partial charge in [-0.2, -0.15) is 0 Å². The molecule has 0 saturated carbocycles. The molecule has 0 fully saturated rings. The number of carbonyl (C=O) groups is 2. The number of allylic oxidation sites excluding steroid dienone is 2. The lowest BCUT2D eigenvalue weighted by atomic mass is 9.97. The number of nitrogens with zero attached hydrogens (tertiary/aromatic N) is 3. The smallest absolute Gasteiger partial charge is 0.338 e. The summed E-state index contributed by atoms with van der Waals surface area (Å²) >= 11 is 12.4. The topological polar surface area (TPSA) is 92.5 Å². The van der Waals surface area contributed by atoms with Crippen molar-refractivity contribution in [3.8, 4) is 0 Å². The van der Waals surface area contributed by atoms with Gasteiger partial charge in [-0.3, -0.25) is 14.2 Å². The molecule has 5 rings (SSSR count). The van der Waals surface area contributed by atoms with Crippen LogP contribution >= 0.6 is 23.2 Å². The number of benzene rings is 2. The number of amides is 1. The van der Waals surface area contributed by atoms with Gasteiger partial charge in [0.15, 0.2) is 0 Å². The molecule has 1 amide bonds. The number of carboxylic acid groups (broad SMARTS) is 1. The van der Waals surface area contributed by atoms with E-state index >= 15 is 0 Å². The second-order valence-corrected chi connectivity index (χ2v) is 10.6. The molecule has 0 saturated heterocycles. The predicted molar refractivity (Wildman–Crippen MR) is 153 cm³/mol. The van der Waals surface area contributed by atoms with Gasteiger partial charge in [0, 0.05) is 13.0 Å². The summed E-state index contributed by atoms with van der Waals surface area (Å²) in [6.45, 7) is 4.70. The van der Waals surface area contributed by atoms with E-state index in [1.807, 2.05) is 49.4 Å². The van der Waals surface area contributed by atoms with Crippen LogP contribution in [0, 0.1) is 6.92 Å². The molecule has 3 aromatic rings. The normalized spacial score (nSPS) is 16.3. The van der Waals surface area contributed by atoms with E-state index in [9.17, 15) is 19.5 Å². The Morgan fingerprint density at radius 2 is 1.87 bits per heavy atom. The van der Waals surface area contributed by atoms with Crippen molar-refractivity contribution in [2.24, 2.45) is 0 Å². The summed E-state index contributed by atoms with van der Waals surface area (Å²) in [5.74, 6) is -1.07. The van der Waals surface area contributed by atoms with Crippen molar-refractivity contribution in [3.05, 3.63) is 109 Å². The van der Waals surface area contributed by atoms with Crippen LogP contribution in [0.2, 0.25) is 10.0 Å². The highest BCUT2D eigenvalue weighted by atomic mass is 35.5. The summed E-state index contributed by atoms with van der Waals surface area (Å²) in [7, 11) is 0. The molecule has 2 heterocycles. The molecule has 0 radical (unpaired) electrons. The van der Waals surface area contributed by atoms with Gasteiger partial charge in [-0.05, 0) is 48.8 Å². The number of unbranched alkanes of at least 4 members (excludes halogenated alkanes) is 1. The maximum absolute atomic E-state index is 13.5. The van der Waals surface area contributed by atoms with Crippen molar-refractivity contribution in [1.82, 2.24) is 14.5 Å². The minimum atomic E-state index is -1.32. The summed E-state index contributed by atoms with van der Waals surface area (Å²) in [6.07, 6.45) is 10.3. The zero-order chi connectivity index (χ0) is 27.8. The molecule has 0 bridgehead atoms. The maximum Gasteiger partial charge on any atom is 0.338 e. The van der Waals surface area contributed by atoms with Gasteiger partial charge in [0.2, 0.25) is 0 Å². The number of hydrogen-bond acceptors (Lipinski definition) is 4. The molecule has 9 heteroatoms. The minimum absolute atomic E-state index is 0.0318. The van der Waals surface area contributed by atoms with Crippen LogP contribution in [-0.4, -0.2) is 44.0 Å². The first-order valence-corrected chi connectivity index (χ1v) is 13.6. The molecular weight excluding hydrogens is 537 g/mol. The number of hydrogen-bond donors (Lipinski definition) is 1. The molecular formula is C30H27Cl2N3O4. The van der Waals surface area contributed by atoms with Gasteiger partial charge in [0.1, 0.15) is 5.82 Å². The van der Waals surface area contributed by atoms with Gasteiger partial charge in [-0.1, -0.05) is 72.5 Å². The number of rotatable bonds is 7. The Kier molecular flexibility index (Phi) is 7.47. The monoisotopic (exact) mass is 563 g/mol. The van der Waals surface area contributed by atoms with E-state index in [0.29, 0.717) is 23.9 Å². The number of carboxylic acids is 1. The van der Waals surface area contributed by atoms with Gasteiger partial charge < -0.3 is 10.0 Å². The number of carbonyl (C=O) groups excluding carboxylic acids is 1. The summed E-state index contributed by atoms with van der Waals surface area (Å²) in [4.78, 5) is 45.3. The van der Waals surface area contributed by atoms with Crippen LogP contribution in [0.3, 0.4) is 0 Å². The largest absolute Gasteiger partial charge is 0.478 e. The maximum atomic E-state index is 13.5. The van der Waals surface area contributed by atoms with Crippen LogP contribution in [0.1, 0.15) is 51.9 Å². The van der Waals surface area contributed by atoms with E-state index in [1.54, 1.807) is 9.47 Å². The minimum Gasteiger partial charge on any atom is -0.478 e. The number of aromatic carboxylic acids is 1. The standard InChI is InChI=1S/C30H27Cl2N3O4/c1-3-4-5-25-33-23-10-6-17(2)14-20(23)28(36)35(25)16-18-7-11-24-19(15-18)12-13-34(24)29(37)26-21(31)8-9-22(32)27(26)30(38)39/h6-12,14-15,24H,3-5,13,16H2,1-2H3,(H,38,39). The highest BCUT2D eigenvalue weighted by molar-refractivity contribution is 6.38. The lowest BCUT2D eigenvalue weighted by Crippen LogP contribution is -2.38. The molecule has 1 atom stereocenters. The van der Waals surface area contributed by atoms with E-state index in [0.717, 1.165) is 35.4 Å². The third-order valence-electron chi connectivity index (χ3n) is 7.12. The number of aromatic nitrogens is 2. The highest BCUT2D eigenvalue weighted by Crippen LogP contribution is 2.33. The van der Waals surface area contributed by atoms with Gasteiger partial charge in [0.05, 0.1) is 44.7 Å². The molecule has 1 aliphatic carbocycles. The van der Waals surface area contributed by atoms with Gasteiger partial charge in [-0.15, -0.1) is 0 Å². The lowest BCUT2D eigenvalue weighted by Gasteiger charge is -2.27. The van der Waals surface area contributed by atoms with Crippen LogP contribution in [0.25, 0.3) is 10.9 Å². The Hall–Kier alpha value is -3.68. The quantitative estimate of drug-likeness (QED) is 0.380. The fourth-order valence-electron chi connectivity index (χ4n) is 5.13. The Morgan fingerprint density at radius 1 is 1.13 bits per heavy atom. The first-order valence-electron chi connectivity index (χ1n) is 12.8. The molecule has 7 nitrogen and oxygen atoms in total. The molecule has 200 valence electrons. The SMILES string of the molecule is CCCCc1nc2ccc(C)cc2c(=O)n1CC1=CC2=CCN(C(=O)c3c(Cl)ccc(Cl)c3C(=O)O)C2C=C1. The summed E-state index contributed by atoms with van der Waals surface area (Å²) in [5, 5.41) is 10.2. The molecule has 1 unspecified atom stereocenters. The number of aryl methyl sites for hydroxylation is 2. The fourth-order valence-corrected chi connectivity index (χ4v) is 5.60. The molecule has 1 N–H and O–H groups in total. The van der Waals surface area contributed by atoms with E-state index in [4.69, 9.17) is 28.2 Å². The summed E-state index contributed by atoms with van der Waals surface area (Å²) < 4.78 is 1.75. The third-order valence-corrected chi connectivity index (χ3v) is 7.75. The van der Waals surface area contributed by atoms with Crippen molar-refractivity contribution in [3.63, 3.8) is 0 Å². The molecule has 1 aliphatic heterocycles. The Bertz CT molecular complexity index is 1670. The lowest BCUT2D eigenvalue weighted by molar-refractivity contribution is 0.0677. The third kappa shape index (κ3) is 5.04. The molecule has 2 aromatic carbocycles.